The number of benzene rings is 1. The van der Waals surface area contributed by atoms with Gasteiger partial charge in [-0.2, -0.15) is 0 Å². The average molecular weight is 343 g/mol. The molecule has 1 fully saturated rings. The van der Waals surface area contributed by atoms with Gasteiger partial charge in [-0.1, -0.05) is 19.9 Å². The Hall–Kier alpha value is -1.46. The summed E-state index contributed by atoms with van der Waals surface area (Å²) in [6, 6.07) is 5.69. The SMILES string of the molecule is COc1cccc(OC)c1CC(=O)N1CCC(N)C(C)(C)C1.Cl. The number of methoxy groups -OCH3 is 2. The second kappa shape index (κ2) is 7.88. The maximum atomic E-state index is 12.7. The number of hydrogen-bond acceptors (Lipinski definition) is 4. The smallest absolute Gasteiger partial charge is 0.227 e. The highest BCUT2D eigenvalue weighted by Gasteiger charge is 2.35. The van der Waals surface area contributed by atoms with Gasteiger partial charge in [0, 0.05) is 24.7 Å². The van der Waals surface area contributed by atoms with Crippen molar-refractivity contribution in [2.75, 3.05) is 27.3 Å². The van der Waals surface area contributed by atoms with E-state index in [9.17, 15) is 4.79 Å². The Morgan fingerprint density at radius 1 is 1.30 bits per heavy atom. The van der Waals surface area contributed by atoms with Crippen LogP contribution < -0.4 is 15.2 Å². The number of likely N-dealkylation sites (tertiary alicyclic amines) is 1. The number of amides is 1. The molecule has 0 aliphatic carbocycles. The van der Waals surface area contributed by atoms with Crippen molar-refractivity contribution in [2.24, 2.45) is 11.1 Å². The molecule has 2 N–H and O–H groups in total. The van der Waals surface area contributed by atoms with Crippen molar-refractivity contribution in [3.8, 4) is 11.5 Å². The number of carbonyl (C=O) groups excluding carboxylic acids is 1. The number of piperidine rings is 1. The number of hydrogen-bond donors (Lipinski definition) is 1. The van der Waals surface area contributed by atoms with E-state index in [1.807, 2.05) is 23.1 Å². The van der Waals surface area contributed by atoms with Gasteiger partial charge in [0.2, 0.25) is 5.91 Å². The molecule has 1 heterocycles. The molecule has 130 valence electrons. The van der Waals surface area contributed by atoms with Crippen molar-refractivity contribution in [3.63, 3.8) is 0 Å². The van der Waals surface area contributed by atoms with Crippen molar-refractivity contribution >= 4 is 18.3 Å². The summed E-state index contributed by atoms with van der Waals surface area (Å²) in [6.07, 6.45) is 1.11. The normalized spacial score (nSPS) is 19.7. The molecule has 1 amide bonds. The fourth-order valence-electron chi connectivity index (χ4n) is 2.95. The van der Waals surface area contributed by atoms with Crippen molar-refractivity contribution in [1.29, 1.82) is 0 Å². The maximum Gasteiger partial charge on any atom is 0.227 e. The molecule has 1 aliphatic heterocycles. The largest absolute Gasteiger partial charge is 0.496 e. The lowest BCUT2D eigenvalue weighted by Gasteiger charge is -2.42. The Labute approximate surface area is 144 Å². The molecule has 1 saturated heterocycles. The van der Waals surface area contributed by atoms with Crippen LogP contribution in [0.15, 0.2) is 18.2 Å². The van der Waals surface area contributed by atoms with E-state index in [2.05, 4.69) is 13.8 Å². The van der Waals surface area contributed by atoms with Crippen molar-refractivity contribution < 1.29 is 14.3 Å². The summed E-state index contributed by atoms with van der Waals surface area (Å²) in [5, 5.41) is 0. The predicted octanol–water partition coefficient (Wildman–Crippen LogP) is 2.25. The molecule has 1 unspecified atom stereocenters. The molecule has 0 bridgehead atoms. The topological polar surface area (TPSA) is 64.8 Å². The van der Waals surface area contributed by atoms with Gasteiger partial charge in [0.25, 0.3) is 0 Å². The van der Waals surface area contributed by atoms with E-state index in [1.54, 1.807) is 14.2 Å². The fourth-order valence-corrected chi connectivity index (χ4v) is 2.95. The summed E-state index contributed by atoms with van der Waals surface area (Å²) in [5.74, 6) is 1.45. The molecule has 1 atom stereocenters. The molecule has 6 heteroatoms. The van der Waals surface area contributed by atoms with Gasteiger partial charge in [-0.25, -0.2) is 0 Å². The second-order valence-corrected chi connectivity index (χ2v) is 6.52. The molecular formula is C17H27ClN2O3. The number of carbonyl (C=O) groups is 1. The van der Waals surface area contributed by atoms with E-state index in [0.717, 1.165) is 12.0 Å². The van der Waals surface area contributed by atoms with Crippen LogP contribution in [0.2, 0.25) is 0 Å². The summed E-state index contributed by atoms with van der Waals surface area (Å²) in [4.78, 5) is 14.6. The molecular weight excluding hydrogens is 316 g/mol. The van der Waals surface area contributed by atoms with Crippen LogP contribution in [0.5, 0.6) is 11.5 Å². The van der Waals surface area contributed by atoms with Gasteiger partial charge in [0.05, 0.1) is 20.6 Å². The number of rotatable bonds is 4. The van der Waals surface area contributed by atoms with Gasteiger partial charge < -0.3 is 20.1 Å². The summed E-state index contributed by atoms with van der Waals surface area (Å²) >= 11 is 0. The summed E-state index contributed by atoms with van der Waals surface area (Å²) in [7, 11) is 3.21. The molecule has 23 heavy (non-hydrogen) atoms. The van der Waals surface area contributed by atoms with Gasteiger partial charge in [-0.05, 0) is 24.0 Å². The van der Waals surface area contributed by atoms with E-state index >= 15 is 0 Å². The third-order valence-electron chi connectivity index (χ3n) is 4.52. The monoisotopic (exact) mass is 342 g/mol. The highest BCUT2D eigenvalue weighted by atomic mass is 35.5. The standard InChI is InChI=1S/C17H26N2O3.ClH/c1-17(2)11-19(9-8-15(17)18)16(20)10-12-13(21-3)6-5-7-14(12)22-4;/h5-7,15H,8-11,18H2,1-4H3;1H. The Kier molecular flexibility index (Phi) is 6.71. The number of ether oxygens (including phenoxy) is 2. The van der Waals surface area contributed by atoms with Crippen LogP contribution in [0.3, 0.4) is 0 Å². The molecule has 0 saturated carbocycles. The molecule has 0 spiro atoms. The van der Waals surface area contributed by atoms with Crippen LogP contribution in [0, 0.1) is 5.41 Å². The maximum absolute atomic E-state index is 12.7. The number of halogens is 1. The highest BCUT2D eigenvalue weighted by Crippen LogP contribution is 2.31. The second-order valence-electron chi connectivity index (χ2n) is 6.52. The van der Waals surface area contributed by atoms with Crippen LogP contribution in [0.4, 0.5) is 0 Å². The van der Waals surface area contributed by atoms with Gasteiger partial charge >= 0.3 is 0 Å². The molecule has 0 radical (unpaired) electrons. The van der Waals surface area contributed by atoms with Crippen LogP contribution in [-0.2, 0) is 11.2 Å². The van der Waals surface area contributed by atoms with E-state index in [4.69, 9.17) is 15.2 Å². The number of nitrogens with zero attached hydrogens (tertiary/aromatic N) is 1. The van der Waals surface area contributed by atoms with E-state index in [-0.39, 0.29) is 36.2 Å². The number of nitrogens with two attached hydrogens (primary N) is 1. The van der Waals surface area contributed by atoms with Crippen LogP contribution >= 0.6 is 12.4 Å². The predicted molar refractivity (Wildman–Crippen MR) is 93.5 cm³/mol. The third-order valence-corrected chi connectivity index (χ3v) is 4.52. The molecule has 0 aromatic heterocycles. The van der Waals surface area contributed by atoms with E-state index in [0.29, 0.717) is 24.6 Å². The average Bonchev–Trinajstić information content (AvgIpc) is 2.50. The van der Waals surface area contributed by atoms with Gasteiger partial charge in [0.1, 0.15) is 11.5 Å². The first-order chi connectivity index (χ1) is 10.4. The first-order valence-electron chi connectivity index (χ1n) is 7.62. The lowest BCUT2D eigenvalue weighted by molar-refractivity contribution is -0.133. The quantitative estimate of drug-likeness (QED) is 0.911. The summed E-state index contributed by atoms with van der Waals surface area (Å²) in [5.41, 5.74) is 6.88. The summed E-state index contributed by atoms with van der Waals surface area (Å²) < 4.78 is 10.7. The lowest BCUT2D eigenvalue weighted by Crippen LogP contribution is -2.54. The first kappa shape index (κ1) is 19.6. The fraction of sp³-hybridized carbons (Fsp3) is 0.588. The minimum absolute atomic E-state index is 0. The zero-order chi connectivity index (χ0) is 16.3. The minimum atomic E-state index is -0.0568. The Balaban J connectivity index is 0.00000264. The van der Waals surface area contributed by atoms with Crippen molar-refractivity contribution in [1.82, 2.24) is 4.90 Å². The zero-order valence-corrected chi connectivity index (χ0v) is 15.1. The molecule has 1 aliphatic rings. The Morgan fingerprint density at radius 2 is 1.87 bits per heavy atom. The Bertz CT molecular complexity index is 526. The third kappa shape index (κ3) is 4.30. The minimum Gasteiger partial charge on any atom is -0.496 e. The molecule has 2 rings (SSSR count). The van der Waals surface area contributed by atoms with E-state index in [1.165, 1.54) is 0 Å². The van der Waals surface area contributed by atoms with Gasteiger partial charge in [-0.15, -0.1) is 12.4 Å². The van der Waals surface area contributed by atoms with Crippen LogP contribution in [0.1, 0.15) is 25.8 Å². The molecule has 1 aromatic rings. The highest BCUT2D eigenvalue weighted by molar-refractivity contribution is 5.85. The van der Waals surface area contributed by atoms with Gasteiger partial charge in [0.15, 0.2) is 0 Å². The van der Waals surface area contributed by atoms with Crippen LogP contribution in [0.25, 0.3) is 0 Å². The zero-order valence-electron chi connectivity index (χ0n) is 14.3. The van der Waals surface area contributed by atoms with Crippen molar-refractivity contribution in [3.05, 3.63) is 23.8 Å². The lowest BCUT2D eigenvalue weighted by atomic mass is 9.79. The van der Waals surface area contributed by atoms with Crippen molar-refractivity contribution in [2.45, 2.75) is 32.7 Å². The molecule has 5 nitrogen and oxygen atoms in total. The molecule has 1 aromatic carbocycles. The Morgan fingerprint density at radius 3 is 2.35 bits per heavy atom. The van der Waals surface area contributed by atoms with E-state index < -0.39 is 0 Å². The summed E-state index contributed by atoms with van der Waals surface area (Å²) in [6.45, 7) is 5.62. The van der Waals surface area contributed by atoms with Gasteiger partial charge in [-0.3, -0.25) is 4.79 Å². The first-order valence-corrected chi connectivity index (χ1v) is 7.62. The van der Waals surface area contributed by atoms with Crippen LogP contribution in [-0.4, -0.2) is 44.2 Å².